The second kappa shape index (κ2) is 17.8. The Bertz CT molecular complexity index is 2490. The summed E-state index contributed by atoms with van der Waals surface area (Å²) in [6.45, 7) is 14.8. The highest BCUT2D eigenvalue weighted by atomic mass is 35.5. The Balaban J connectivity index is 1.43. The summed E-state index contributed by atoms with van der Waals surface area (Å²) in [6, 6.07) is 19.9. The number of ether oxygens (including phenoxy) is 1. The minimum absolute atomic E-state index is 0.0375. The normalized spacial score (nSPS) is 12.5. The van der Waals surface area contributed by atoms with Crippen molar-refractivity contribution in [2.45, 2.75) is 89.6 Å². The van der Waals surface area contributed by atoms with E-state index in [1.165, 1.54) is 54.1 Å². The first-order valence-corrected chi connectivity index (χ1v) is 21.4. The molecule has 0 aliphatic heterocycles. The number of benzene rings is 4. The van der Waals surface area contributed by atoms with Crippen LogP contribution in [0.1, 0.15) is 89.2 Å². The molecule has 2 amide bonds. The molecule has 1 unspecified atom stereocenters. The molecule has 0 bridgehead atoms. The van der Waals surface area contributed by atoms with E-state index in [0.717, 1.165) is 23.1 Å². The van der Waals surface area contributed by atoms with Crippen LogP contribution in [0.4, 0.5) is 11.5 Å². The fourth-order valence-electron chi connectivity index (χ4n) is 5.85. The van der Waals surface area contributed by atoms with Crippen LogP contribution in [0, 0.1) is 0 Å². The summed E-state index contributed by atoms with van der Waals surface area (Å²) in [7, 11) is -4.64. The lowest BCUT2D eigenvalue weighted by molar-refractivity contribution is -0.122. The van der Waals surface area contributed by atoms with Crippen LogP contribution in [0.25, 0.3) is 5.69 Å². The maximum atomic E-state index is 13.8. The molecule has 0 saturated heterocycles. The van der Waals surface area contributed by atoms with Crippen LogP contribution < -0.4 is 25.1 Å². The SMILES string of the molecule is CCC(Oc1ccc(C(C)(C)CC)cc1C(C)(C)CC)C(=O)Nc1cccc(C(=O)Nc2[nH]n(-c3c(Cl)cc(Cl)cc3Cl)c(=O)c2OS(=O)(=O)c2ccc(Cl)cc2)c1. The molecule has 0 radical (unpaired) electrons. The number of hydrogen-bond acceptors (Lipinski definition) is 7. The van der Waals surface area contributed by atoms with Crippen molar-refractivity contribution < 1.29 is 26.9 Å². The van der Waals surface area contributed by atoms with Crippen molar-refractivity contribution in [2.24, 2.45) is 0 Å². The first kappa shape index (κ1) is 44.6. The average molecular weight is 891 g/mol. The van der Waals surface area contributed by atoms with Gasteiger partial charge >= 0.3 is 15.7 Å². The fourth-order valence-corrected chi connectivity index (χ4v) is 7.90. The Morgan fingerprint density at radius 3 is 2.05 bits per heavy atom. The van der Waals surface area contributed by atoms with Gasteiger partial charge in [-0.25, -0.2) is 4.68 Å². The molecule has 0 saturated carbocycles. The van der Waals surface area contributed by atoms with Gasteiger partial charge in [0.25, 0.3) is 17.6 Å². The second-order valence-electron chi connectivity index (χ2n) is 14.9. The lowest BCUT2D eigenvalue weighted by Gasteiger charge is -2.31. The topological polar surface area (TPSA) is 149 Å². The molecule has 0 aliphatic rings. The van der Waals surface area contributed by atoms with Crippen LogP contribution in [0.2, 0.25) is 20.1 Å². The molecule has 16 heteroatoms. The zero-order valence-corrected chi connectivity index (χ0v) is 36.8. The van der Waals surface area contributed by atoms with Crippen LogP contribution in [-0.4, -0.2) is 36.1 Å². The van der Waals surface area contributed by atoms with Crippen molar-refractivity contribution in [3.05, 3.63) is 126 Å². The lowest BCUT2D eigenvalue weighted by atomic mass is 9.76. The summed E-state index contributed by atoms with van der Waals surface area (Å²) in [5, 5.41) is 8.31. The second-order valence-corrected chi connectivity index (χ2v) is 18.1. The number of nitrogens with zero attached hydrogens (tertiary/aromatic N) is 1. The molecule has 1 heterocycles. The van der Waals surface area contributed by atoms with Gasteiger partial charge < -0.3 is 19.6 Å². The Hall–Kier alpha value is -4.46. The molecule has 5 rings (SSSR count). The van der Waals surface area contributed by atoms with E-state index in [-0.39, 0.29) is 52.8 Å². The van der Waals surface area contributed by atoms with E-state index in [0.29, 0.717) is 12.2 Å². The van der Waals surface area contributed by atoms with E-state index in [4.69, 9.17) is 55.3 Å². The standard InChI is InChI=1S/C42H44Cl4N4O7S/c1-8-33(56-34-19-14-25(41(4,5)9-2)21-30(34)42(6,7)10-3)39(52)47-28-13-11-12-24(20-28)38(51)48-37-36(57-58(54,55)29-17-15-26(43)16-18-29)40(53)50(49-37)35-31(45)22-27(44)23-32(35)46/h11-23,33,49H,8-10H2,1-7H3,(H,47,52)(H,48,51). The maximum absolute atomic E-state index is 13.8. The summed E-state index contributed by atoms with van der Waals surface area (Å²) < 4.78 is 39.2. The van der Waals surface area contributed by atoms with Crippen molar-refractivity contribution in [1.82, 2.24) is 9.78 Å². The number of nitrogens with one attached hydrogen (secondary N) is 3. The van der Waals surface area contributed by atoms with Gasteiger partial charge in [-0.3, -0.25) is 19.5 Å². The summed E-state index contributed by atoms with van der Waals surface area (Å²) in [5.41, 5.74) is 1.10. The van der Waals surface area contributed by atoms with Crippen molar-refractivity contribution in [3.8, 4) is 17.2 Å². The zero-order valence-electron chi connectivity index (χ0n) is 32.9. The van der Waals surface area contributed by atoms with Gasteiger partial charge in [-0.2, -0.15) is 8.42 Å². The van der Waals surface area contributed by atoms with Crippen LogP contribution in [-0.2, 0) is 25.7 Å². The van der Waals surface area contributed by atoms with Gasteiger partial charge in [0, 0.05) is 26.9 Å². The van der Waals surface area contributed by atoms with Gasteiger partial charge in [-0.05, 0) is 96.3 Å². The quantitative estimate of drug-likeness (QED) is 0.0886. The highest BCUT2D eigenvalue weighted by molar-refractivity contribution is 7.87. The number of hydrogen-bond donors (Lipinski definition) is 3. The van der Waals surface area contributed by atoms with E-state index in [9.17, 15) is 22.8 Å². The summed E-state index contributed by atoms with van der Waals surface area (Å²) in [5.74, 6) is -1.84. The summed E-state index contributed by atoms with van der Waals surface area (Å²) in [6.07, 6.45) is 1.29. The van der Waals surface area contributed by atoms with Crippen LogP contribution >= 0.6 is 46.4 Å². The summed E-state index contributed by atoms with van der Waals surface area (Å²) >= 11 is 24.8. The number of halogens is 4. The van der Waals surface area contributed by atoms with Crippen LogP contribution in [0.3, 0.4) is 0 Å². The Morgan fingerprint density at radius 1 is 0.810 bits per heavy atom. The van der Waals surface area contributed by atoms with E-state index in [2.05, 4.69) is 63.3 Å². The van der Waals surface area contributed by atoms with E-state index in [1.807, 2.05) is 19.1 Å². The van der Waals surface area contributed by atoms with E-state index in [1.54, 1.807) is 12.1 Å². The van der Waals surface area contributed by atoms with Crippen molar-refractivity contribution in [3.63, 3.8) is 0 Å². The van der Waals surface area contributed by atoms with Gasteiger partial charge in [0.15, 0.2) is 11.9 Å². The van der Waals surface area contributed by atoms with Crippen molar-refractivity contribution in [2.75, 3.05) is 10.6 Å². The lowest BCUT2D eigenvalue weighted by Crippen LogP contribution is -2.33. The first-order chi connectivity index (χ1) is 27.2. The molecule has 308 valence electrons. The first-order valence-electron chi connectivity index (χ1n) is 18.4. The highest BCUT2D eigenvalue weighted by Gasteiger charge is 2.30. The molecule has 1 aromatic heterocycles. The molecule has 11 nitrogen and oxygen atoms in total. The zero-order chi connectivity index (χ0) is 42.7. The Labute approximate surface area is 358 Å². The number of carbonyl (C=O) groups excluding carboxylic acids is 2. The predicted octanol–water partition coefficient (Wildman–Crippen LogP) is 11.0. The predicted molar refractivity (Wildman–Crippen MR) is 231 cm³/mol. The minimum atomic E-state index is -4.64. The molecule has 58 heavy (non-hydrogen) atoms. The van der Waals surface area contributed by atoms with Crippen molar-refractivity contribution in [1.29, 1.82) is 0 Å². The number of rotatable bonds is 15. The third-order valence-electron chi connectivity index (χ3n) is 10.2. The number of amides is 2. The van der Waals surface area contributed by atoms with Gasteiger partial charge in [0.05, 0.1) is 10.0 Å². The van der Waals surface area contributed by atoms with E-state index >= 15 is 0 Å². The fraction of sp³-hybridized carbons (Fsp3) is 0.310. The summed E-state index contributed by atoms with van der Waals surface area (Å²) in [4.78, 5) is 40.9. The highest BCUT2D eigenvalue weighted by Crippen LogP contribution is 2.39. The van der Waals surface area contributed by atoms with E-state index < -0.39 is 45.2 Å². The molecule has 0 aliphatic carbocycles. The third-order valence-corrected chi connectivity index (χ3v) is 12.5. The molecular weight excluding hydrogens is 846 g/mol. The average Bonchev–Trinajstić information content (AvgIpc) is 3.45. The number of H-pyrrole nitrogens is 1. The molecule has 5 aromatic rings. The van der Waals surface area contributed by atoms with Gasteiger partial charge in [0.2, 0.25) is 0 Å². The maximum Gasteiger partial charge on any atom is 0.339 e. The molecule has 4 aromatic carbocycles. The smallest absolute Gasteiger partial charge is 0.339 e. The number of aromatic amines is 1. The number of aromatic nitrogens is 2. The van der Waals surface area contributed by atoms with Gasteiger partial charge in [0.1, 0.15) is 16.3 Å². The molecular formula is C42H44Cl4N4O7S. The largest absolute Gasteiger partial charge is 0.480 e. The van der Waals surface area contributed by atoms with Gasteiger partial charge in [-0.1, -0.05) is 113 Å². The number of carbonyl (C=O) groups is 2. The van der Waals surface area contributed by atoms with Crippen molar-refractivity contribution >= 4 is 79.8 Å². The monoisotopic (exact) mass is 888 g/mol. The van der Waals surface area contributed by atoms with Gasteiger partial charge in [-0.15, -0.1) is 0 Å². The molecule has 0 fully saturated rings. The minimum Gasteiger partial charge on any atom is -0.480 e. The van der Waals surface area contributed by atoms with Crippen LogP contribution in [0.15, 0.2) is 88.6 Å². The Morgan fingerprint density at radius 2 is 1.45 bits per heavy atom. The number of anilines is 2. The van der Waals surface area contributed by atoms with Crippen LogP contribution in [0.5, 0.6) is 11.5 Å². The molecule has 3 N–H and O–H groups in total. The molecule has 1 atom stereocenters. The Kier molecular flexibility index (Phi) is 13.7. The molecule has 0 spiro atoms. The third kappa shape index (κ3) is 9.86.